The topological polar surface area (TPSA) is 177 Å². The summed E-state index contributed by atoms with van der Waals surface area (Å²) in [6, 6.07) is 8.33. The highest BCUT2D eigenvalue weighted by Gasteiger charge is 2.61. The molecule has 0 bridgehead atoms. The molecule has 12 nitrogen and oxygen atoms in total. The third kappa shape index (κ3) is 6.72. The van der Waals surface area contributed by atoms with Gasteiger partial charge in [0.05, 0.1) is 0 Å². The lowest BCUT2D eigenvalue weighted by molar-refractivity contribution is -0.146. The summed E-state index contributed by atoms with van der Waals surface area (Å²) in [6.07, 6.45) is 6.62. The van der Waals surface area contributed by atoms with Crippen molar-refractivity contribution in [1.82, 2.24) is 19.7 Å². The Labute approximate surface area is 239 Å². The van der Waals surface area contributed by atoms with Crippen LogP contribution in [-0.4, -0.2) is 67.4 Å². The zero-order valence-corrected chi connectivity index (χ0v) is 23.6. The van der Waals surface area contributed by atoms with E-state index in [0.717, 1.165) is 18.4 Å². The van der Waals surface area contributed by atoms with Gasteiger partial charge < -0.3 is 20.7 Å². The van der Waals surface area contributed by atoms with E-state index in [1.807, 2.05) is 42.5 Å². The minimum Gasteiger partial charge on any atom is -0.436 e. The van der Waals surface area contributed by atoms with E-state index in [2.05, 4.69) is 14.8 Å². The molecule has 222 valence electrons. The normalized spacial score (nSPS) is 32.8. The highest BCUT2D eigenvalue weighted by molar-refractivity contribution is 7.88. The van der Waals surface area contributed by atoms with Crippen molar-refractivity contribution >= 4 is 34.0 Å². The van der Waals surface area contributed by atoms with E-state index in [1.165, 1.54) is 4.90 Å². The van der Waals surface area contributed by atoms with E-state index >= 15 is 0 Å². The third-order valence-electron chi connectivity index (χ3n) is 8.40. The Bertz CT molecular complexity index is 1320. The van der Waals surface area contributed by atoms with Gasteiger partial charge in [-0.1, -0.05) is 48.9 Å². The highest BCUT2D eigenvalue weighted by Crippen LogP contribution is 2.46. The van der Waals surface area contributed by atoms with Gasteiger partial charge in [0.25, 0.3) is 11.8 Å². The number of carbonyl (C=O) groups is 4. The summed E-state index contributed by atoms with van der Waals surface area (Å²) in [6.45, 7) is 0.292. The number of nitrogens with zero attached hydrogens (tertiary/aromatic N) is 1. The average molecular weight is 588 g/mol. The van der Waals surface area contributed by atoms with Crippen LogP contribution in [0.5, 0.6) is 0 Å². The summed E-state index contributed by atoms with van der Waals surface area (Å²) in [4.78, 5) is 53.1. The lowest BCUT2D eigenvalue weighted by Gasteiger charge is -2.29. The van der Waals surface area contributed by atoms with Crippen LogP contribution in [0.2, 0.25) is 0 Å². The number of allylic oxidation sites excluding steroid dienone is 1. The number of rotatable bonds is 6. The molecule has 5 rings (SSSR count). The summed E-state index contributed by atoms with van der Waals surface area (Å²) in [5.41, 5.74) is 4.78. The van der Waals surface area contributed by atoms with Crippen molar-refractivity contribution in [3.8, 4) is 0 Å². The number of hydrogen-bond acceptors (Lipinski definition) is 7. The van der Waals surface area contributed by atoms with Gasteiger partial charge in [-0.3, -0.25) is 14.4 Å². The predicted molar refractivity (Wildman–Crippen MR) is 148 cm³/mol. The molecule has 1 aromatic carbocycles. The zero-order chi connectivity index (χ0) is 29.2. The van der Waals surface area contributed by atoms with E-state index < -0.39 is 51.7 Å². The minimum absolute atomic E-state index is 0.0315. The van der Waals surface area contributed by atoms with Crippen LogP contribution < -0.4 is 20.5 Å². The molecule has 13 heteroatoms. The van der Waals surface area contributed by atoms with Crippen LogP contribution in [-0.2, 0) is 29.3 Å². The van der Waals surface area contributed by atoms with Crippen LogP contribution in [0.25, 0.3) is 0 Å². The number of nitrogens with one attached hydrogen (secondary N) is 3. The third-order valence-corrected chi connectivity index (χ3v) is 9.46. The molecule has 4 unspecified atom stereocenters. The Morgan fingerprint density at radius 2 is 1.85 bits per heavy atom. The maximum atomic E-state index is 13.5. The first-order chi connectivity index (χ1) is 19.6. The van der Waals surface area contributed by atoms with E-state index in [4.69, 9.17) is 10.5 Å². The van der Waals surface area contributed by atoms with Crippen LogP contribution in [0.15, 0.2) is 42.5 Å². The zero-order valence-electron chi connectivity index (χ0n) is 22.8. The van der Waals surface area contributed by atoms with E-state index in [1.54, 1.807) is 0 Å². The second-order valence-corrected chi connectivity index (χ2v) is 12.8. The van der Waals surface area contributed by atoms with Gasteiger partial charge in [0.2, 0.25) is 5.91 Å². The summed E-state index contributed by atoms with van der Waals surface area (Å²) < 4.78 is 35.6. The Hall–Kier alpha value is -3.45. The fourth-order valence-corrected chi connectivity index (χ4v) is 7.16. The summed E-state index contributed by atoms with van der Waals surface area (Å²) in [5, 5.41) is 2.79. The van der Waals surface area contributed by atoms with Crippen LogP contribution in [0, 0.1) is 5.92 Å². The van der Waals surface area contributed by atoms with Crippen molar-refractivity contribution in [3.05, 3.63) is 48.0 Å². The van der Waals surface area contributed by atoms with Gasteiger partial charge in [0, 0.05) is 24.4 Å². The van der Waals surface area contributed by atoms with Crippen LogP contribution in [0.3, 0.4) is 0 Å². The van der Waals surface area contributed by atoms with Gasteiger partial charge in [0.1, 0.15) is 11.6 Å². The standard InChI is InChI=1S/C28H37N5O7S/c29-27(37)40-23-14-8-3-1-2-7-12-19-17-28(19,30-24(34)22-13-9-15-33(22)25(23)35)26(36)32-41(38,39)31-21-16-20(21)18-10-5-4-6-11-18/h4-7,10-12,19-23,31H,1-3,8-9,13-17H2,(H2,29,37)(H,30,34)(H,32,36)/b12-7+/t19?,20-,21+,22?,23?,28?/m0/s1. The molecular weight excluding hydrogens is 550 g/mol. The lowest BCUT2D eigenvalue weighted by Crippen LogP contribution is -2.58. The molecule has 5 N–H and O–H groups in total. The summed E-state index contributed by atoms with van der Waals surface area (Å²) in [7, 11) is -4.20. The molecule has 2 heterocycles. The maximum Gasteiger partial charge on any atom is 0.405 e. The molecule has 0 radical (unpaired) electrons. The quantitative estimate of drug-likeness (QED) is 0.363. The molecule has 0 spiro atoms. The largest absolute Gasteiger partial charge is 0.436 e. The first-order valence-corrected chi connectivity index (χ1v) is 15.7. The fourth-order valence-electron chi connectivity index (χ4n) is 6.01. The van der Waals surface area contributed by atoms with Crippen molar-refractivity contribution in [2.45, 2.75) is 87.4 Å². The molecule has 41 heavy (non-hydrogen) atoms. The number of benzene rings is 1. The molecule has 2 aliphatic carbocycles. The van der Waals surface area contributed by atoms with Crippen molar-refractivity contribution in [2.24, 2.45) is 11.7 Å². The van der Waals surface area contributed by atoms with Gasteiger partial charge in [-0.2, -0.15) is 13.1 Å². The van der Waals surface area contributed by atoms with Crippen LogP contribution >= 0.6 is 0 Å². The SMILES string of the molecule is NC(=O)OC1CCCCC/C=C/C2CC2(C(=O)NS(=O)(=O)N[C@@H]2C[C@H]2c2ccccc2)NC(=O)C2CCCN2C1=O. The van der Waals surface area contributed by atoms with Crippen LogP contribution in [0.4, 0.5) is 4.79 Å². The molecule has 2 saturated carbocycles. The molecule has 2 aliphatic heterocycles. The molecule has 1 aromatic rings. The number of ether oxygens (including phenoxy) is 1. The smallest absolute Gasteiger partial charge is 0.405 e. The fraction of sp³-hybridized carbons (Fsp3) is 0.571. The van der Waals surface area contributed by atoms with Gasteiger partial charge in [-0.05, 0) is 56.9 Å². The number of nitrogens with two attached hydrogens (primary N) is 1. The van der Waals surface area contributed by atoms with Gasteiger partial charge in [-0.15, -0.1) is 0 Å². The minimum atomic E-state index is -4.20. The predicted octanol–water partition coefficient (Wildman–Crippen LogP) is 1.34. The number of hydrogen-bond donors (Lipinski definition) is 4. The molecular formula is C28H37N5O7S. The highest BCUT2D eigenvalue weighted by atomic mass is 32.2. The van der Waals surface area contributed by atoms with Gasteiger partial charge in [0.15, 0.2) is 6.10 Å². The Balaban J connectivity index is 1.30. The first kappa shape index (κ1) is 29.1. The molecule has 0 aromatic heterocycles. The van der Waals surface area contributed by atoms with E-state index in [0.29, 0.717) is 45.1 Å². The lowest BCUT2D eigenvalue weighted by atomic mass is 10.1. The van der Waals surface area contributed by atoms with Crippen LogP contribution in [0.1, 0.15) is 69.3 Å². The maximum absolute atomic E-state index is 13.5. The summed E-state index contributed by atoms with van der Waals surface area (Å²) >= 11 is 0. The second kappa shape index (κ2) is 11.8. The first-order valence-electron chi connectivity index (χ1n) is 14.2. The van der Waals surface area contributed by atoms with Crippen molar-refractivity contribution in [2.75, 3.05) is 6.54 Å². The molecule has 1 saturated heterocycles. The van der Waals surface area contributed by atoms with E-state index in [9.17, 15) is 27.6 Å². The number of primary amides is 1. The van der Waals surface area contributed by atoms with Crippen molar-refractivity contribution < 1.29 is 32.3 Å². The monoisotopic (exact) mass is 587 g/mol. The molecule has 4 aliphatic rings. The molecule has 3 fully saturated rings. The Morgan fingerprint density at radius 3 is 2.61 bits per heavy atom. The molecule has 6 atom stereocenters. The number of carbonyl (C=O) groups excluding carboxylic acids is 4. The van der Waals surface area contributed by atoms with E-state index in [-0.39, 0.29) is 24.3 Å². The molecule has 4 amide bonds. The summed E-state index contributed by atoms with van der Waals surface area (Å²) in [5.74, 6) is -2.22. The number of fused-ring (bicyclic) bond motifs is 2. The van der Waals surface area contributed by atoms with Gasteiger partial charge in [-0.25, -0.2) is 9.52 Å². The van der Waals surface area contributed by atoms with Gasteiger partial charge >= 0.3 is 16.3 Å². The number of amides is 4. The Kier molecular flexibility index (Phi) is 8.37. The van der Waals surface area contributed by atoms with Crippen molar-refractivity contribution in [1.29, 1.82) is 0 Å². The second-order valence-electron chi connectivity index (χ2n) is 11.4. The van der Waals surface area contributed by atoms with Crippen molar-refractivity contribution in [3.63, 3.8) is 0 Å². The Morgan fingerprint density at radius 1 is 1.07 bits per heavy atom. The average Bonchev–Trinajstić information content (AvgIpc) is 3.78.